The number of nitrogens with one attached hydrogen (secondary N) is 1. The van der Waals surface area contributed by atoms with Crippen LogP contribution in [0.3, 0.4) is 0 Å². The van der Waals surface area contributed by atoms with E-state index in [2.05, 4.69) is 10.1 Å². The molecule has 0 aliphatic carbocycles. The Morgan fingerprint density at radius 2 is 1.66 bits per heavy atom. The molecule has 0 spiro atoms. The molecule has 32 heavy (non-hydrogen) atoms. The first-order chi connectivity index (χ1) is 15.6. The average molecular weight is 419 g/mol. The monoisotopic (exact) mass is 419 g/mol. The quantitative estimate of drug-likeness (QED) is 0.364. The van der Waals surface area contributed by atoms with E-state index >= 15 is 0 Å². The molecule has 156 valence electrons. The van der Waals surface area contributed by atoms with Crippen molar-refractivity contribution in [2.24, 2.45) is 4.99 Å². The van der Waals surface area contributed by atoms with Gasteiger partial charge in [-0.05, 0) is 47.5 Å². The molecule has 1 aromatic heterocycles. The van der Waals surface area contributed by atoms with Gasteiger partial charge in [-0.1, -0.05) is 66.7 Å². The lowest BCUT2D eigenvalue weighted by atomic mass is 10.0. The van der Waals surface area contributed by atoms with E-state index < -0.39 is 0 Å². The van der Waals surface area contributed by atoms with Gasteiger partial charge in [0.2, 0.25) is 0 Å². The van der Waals surface area contributed by atoms with Gasteiger partial charge in [0.15, 0.2) is 0 Å². The van der Waals surface area contributed by atoms with Crippen molar-refractivity contribution < 1.29 is 5.11 Å². The van der Waals surface area contributed by atoms with Crippen molar-refractivity contribution in [3.8, 4) is 22.7 Å². The Morgan fingerprint density at radius 3 is 2.50 bits per heavy atom. The van der Waals surface area contributed by atoms with Gasteiger partial charge < -0.3 is 5.11 Å². The summed E-state index contributed by atoms with van der Waals surface area (Å²) in [7, 11) is 0. The third-order valence-corrected chi connectivity index (χ3v) is 5.46. The van der Waals surface area contributed by atoms with Crippen molar-refractivity contribution in [2.75, 3.05) is 0 Å². The van der Waals surface area contributed by atoms with Gasteiger partial charge in [-0.15, -0.1) is 0 Å². The Morgan fingerprint density at radius 1 is 0.906 bits per heavy atom. The van der Waals surface area contributed by atoms with Crippen LogP contribution in [0.25, 0.3) is 27.7 Å². The predicted octanol–water partition coefficient (Wildman–Crippen LogP) is 5.75. The lowest BCUT2D eigenvalue weighted by Crippen LogP contribution is -2.17. The van der Waals surface area contributed by atoms with Crippen LogP contribution >= 0.6 is 0 Å². The number of para-hydroxylation sites is 1. The lowest BCUT2D eigenvalue weighted by molar-refractivity contribution is 0.477. The molecule has 5 nitrogen and oxygen atoms in total. The molecule has 0 saturated carbocycles. The molecule has 0 unspecified atom stereocenters. The Labute approximate surface area is 184 Å². The highest BCUT2D eigenvalue weighted by Gasteiger charge is 2.17. The number of aromatic hydroxyl groups is 1. The molecule has 0 saturated heterocycles. The van der Waals surface area contributed by atoms with Crippen molar-refractivity contribution in [1.29, 1.82) is 0 Å². The maximum atomic E-state index is 13.5. The third-order valence-electron chi connectivity index (χ3n) is 5.46. The fraction of sp³-hybridized carbons (Fsp3) is 0.0370. The number of hydrogen-bond acceptors (Lipinski definition) is 3. The minimum absolute atomic E-state index is 0.0671. The van der Waals surface area contributed by atoms with Crippen LogP contribution in [-0.4, -0.2) is 21.1 Å². The molecule has 1 heterocycles. The van der Waals surface area contributed by atoms with Crippen LogP contribution in [0, 0.1) is 6.92 Å². The second-order valence-electron chi connectivity index (χ2n) is 7.65. The molecule has 0 aliphatic heterocycles. The first-order valence-electron chi connectivity index (χ1n) is 10.3. The number of rotatable bonds is 4. The van der Waals surface area contributed by atoms with Gasteiger partial charge >= 0.3 is 0 Å². The Kier molecular flexibility index (Phi) is 4.92. The fourth-order valence-electron chi connectivity index (χ4n) is 3.85. The molecule has 4 aromatic carbocycles. The number of hydrogen-bond donors (Lipinski definition) is 2. The maximum Gasteiger partial charge on any atom is 0.280 e. The van der Waals surface area contributed by atoms with Crippen LogP contribution < -0.4 is 5.56 Å². The van der Waals surface area contributed by atoms with Gasteiger partial charge in [-0.3, -0.25) is 14.9 Å². The molecular formula is C27H21N3O2. The predicted molar refractivity (Wildman–Crippen MR) is 129 cm³/mol. The summed E-state index contributed by atoms with van der Waals surface area (Å²) in [5.74, 6) is 0.0671. The van der Waals surface area contributed by atoms with Crippen LogP contribution in [0.1, 0.15) is 11.1 Å². The first-order valence-corrected chi connectivity index (χ1v) is 10.3. The Hall–Kier alpha value is -4.38. The number of fused-ring (bicyclic) bond motifs is 1. The van der Waals surface area contributed by atoms with Gasteiger partial charge in [0.25, 0.3) is 5.56 Å². The van der Waals surface area contributed by atoms with E-state index in [-0.39, 0.29) is 11.3 Å². The van der Waals surface area contributed by atoms with Gasteiger partial charge in [0.05, 0.1) is 16.9 Å². The Bertz CT molecular complexity index is 1510. The van der Waals surface area contributed by atoms with E-state index in [1.165, 1.54) is 10.9 Å². The molecule has 0 bridgehead atoms. The standard InChI is InChI=1S/C27H21N3O2/c1-18-14-15-25(31)24(16-18)28-17-23-26(22-13-7-9-19-8-5-6-12-21(19)22)29-30(27(23)32)20-10-3-2-4-11-20/h2-17,29,31H,1H3. The number of aryl methyl sites for hydroxylation is 1. The summed E-state index contributed by atoms with van der Waals surface area (Å²) in [5, 5.41) is 15.6. The molecule has 5 heteroatoms. The number of phenols is 1. The molecule has 0 radical (unpaired) electrons. The molecule has 0 amide bonds. The van der Waals surface area contributed by atoms with Gasteiger partial charge in [0, 0.05) is 11.8 Å². The second-order valence-corrected chi connectivity index (χ2v) is 7.65. The van der Waals surface area contributed by atoms with Gasteiger partial charge in [-0.25, -0.2) is 4.68 Å². The van der Waals surface area contributed by atoms with Gasteiger partial charge in [-0.2, -0.15) is 0 Å². The zero-order chi connectivity index (χ0) is 22.1. The van der Waals surface area contributed by atoms with Crippen LogP contribution in [0.4, 0.5) is 5.69 Å². The number of phenolic OH excluding ortho intramolecular Hbond substituents is 1. The highest BCUT2D eigenvalue weighted by molar-refractivity contribution is 6.00. The number of aliphatic imine (C=N–C) groups is 1. The number of aromatic nitrogens is 2. The normalized spacial score (nSPS) is 11.4. The van der Waals surface area contributed by atoms with E-state index in [1.54, 1.807) is 12.1 Å². The van der Waals surface area contributed by atoms with Gasteiger partial charge in [0.1, 0.15) is 11.4 Å². The highest BCUT2D eigenvalue weighted by atomic mass is 16.3. The molecule has 5 aromatic rings. The number of H-pyrrole nitrogens is 1. The average Bonchev–Trinajstić information content (AvgIpc) is 3.15. The van der Waals surface area contributed by atoms with E-state index in [0.717, 1.165) is 27.6 Å². The van der Waals surface area contributed by atoms with Crippen LogP contribution in [-0.2, 0) is 0 Å². The zero-order valence-electron chi connectivity index (χ0n) is 17.5. The van der Waals surface area contributed by atoms with Crippen molar-refractivity contribution in [3.63, 3.8) is 0 Å². The first kappa shape index (κ1) is 19.6. The van der Waals surface area contributed by atoms with Crippen LogP contribution in [0.2, 0.25) is 0 Å². The van der Waals surface area contributed by atoms with E-state index in [4.69, 9.17) is 0 Å². The summed E-state index contributed by atoms with van der Waals surface area (Å²) in [6.07, 6.45) is 1.53. The molecule has 0 atom stereocenters. The van der Waals surface area contributed by atoms with Crippen molar-refractivity contribution in [1.82, 2.24) is 9.78 Å². The van der Waals surface area contributed by atoms with Crippen molar-refractivity contribution >= 4 is 22.7 Å². The summed E-state index contributed by atoms with van der Waals surface area (Å²) in [6, 6.07) is 28.7. The zero-order valence-corrected chi connectivity index (χ0v) is 17.5. The highest BCUT2D eigenvalue weighted by Crippen LogP contribution is 2.30. The third kappa shape index (κ3) is 3.50. The summed E-state index contributed by atoms with van der Waals surface area (Å²) in [4.78, 5) is 17.9. The lowest BCUT2D eigenvalue weighted by Gasteiger charge is -2.06. The van der Waals surface area contributed by atoms with E-state index in [0.29, 0.717) is 16.9 Å². The topological polar surface area (TPSA) is 70.4 Å². The molecule has 0 aliphatic rings. The number of nitrogens with zero attached hydrogens (tertiary/aromatic N) is 2. The molecule has 2 N–H and O–H groups in total. The summed E-state index contributed by atoms with van der Waals surface area (Å²) in [5.41, 5.74) is 3.91. The number of benzene rings is 4. The van der Waals surface area contributed by atoms with Crippen molar-refractivity contribution in [2.45, 2.75) is 6.92 Å². The second kappa shape index (κ2) is 8.04. The van der Waals surface area contributed by atoms with Crippen molar-refractivity contribution in [3.05, 3.63) is 112 Å². The summed E-state index contributed by atoms with van der Waals surface area (Å²) >= 11 is 0. The van der Waals surface area contributed by atoms with Crippen LogP contribution in [0.5, 0.6) is 5.75 Å². The van der Waals surface area contributed by atoms with E-state index in [9.17, 15) is 9.90 Å². The molecule has 5 rings (SSSR count). The molecule has 0 fully saturated rings. The van der Waals surface area contributed by atoms with Crippen LogP contribution in [0.15, 0.2) is 101 Å². The SMILES string of the molecule is Cc1ccc(O)c(N=Cc2c(-c3cccc4ccccc34)[nH]n(-c3ccccc3)c2=O)c1. The Balaban J connectivity index is 1.75. The largest absolute Gasteiger partial charge is 0.506 e. The minimum atomic E-state index is -0.213. The molecular weight excluding hydrogens is 398 g/mol. The number of aromatic amines is 1. The minimum Gasteiger partial charge on any atom is -0.506 e. The smallest absolute Gasteiger partial charge is 0.280 e. The summed E-state index contributed by atoms with van der Waals surface area (Å²) < 4.78 is 1.52. The fourth-order valence-corrected chi connectivity index (χ4v) is 3.85. The summed E-state index contributed by atoms with van der Waals surface area (Å²) in [6.45, 7) is 1.93. The maximum absolute atomic E-state index is 13.5. The van der Waals surface area contributed by atoms with E-state index in [1.807, 2.05) is 85.8 Å².